The molecule has 2 heterocycles. The van der Waals surface area contributed by atoms with Crippen LogP contribution in [-0.4, -0.2) is 30.9 Å². The molecule has 0 saturated carbocycles. The van der Waals surface area contributed by atoms with Crippen LogP contribution in [0.25, 0.3) is 0 Å². The highest BCUT2D eigenvalue weighted by molar-refractivity contribution is 8.00. The first-order valence-electron chi connectivity index (χ1n) is 8.44. The van der Waals surface area contributed by atoms with Crippen LogP contribution in [0.2, 0.25) is 0 Å². The van der Waals surface area contributed by atoms with Gasteiger partial charge in [-0.3, -0.25) is 4.79 Å². The third-order valence-corrected chi connectivity index (χ3v) is 5.80. The molecule has 0 aliphatic rings. The summed E-state index contributed by atoms with van der Waals surface area (Å²) in [5.41, 5.74) is 0.890. The summed E-state index contributed by atoms with van der Waals surface area (Å²) in [4.78, 5) is 16.6. The van der Waals surface area contributed by atoms with Crippen LogP contribution in [0.5, 0.6) is 5.75 Å². The number of anilines is 1. The van der Waals surface area contributed by atoms with E-state index in [0.717, 1.165) is 11.4 Å². The monoisotopic (exact) mass is 403 g/mol. The minimum atomic E-state index is -0.338. The van der Waals surface area contributed by atoms with Crippen LogP contribution < -0.4 is 10.1 Å². The Kier molecular flexibility index (Phi) is 6.12. The van der Waals surface area contributed by atoms with E-state index >= 15 is 0 Å². The number of aryl methyl sites for hydroxylation is 1. The molecule has 0 aliphatic carbocycles. The van der Waals surface area contributed by atoms with Gasteiger partial charge in [0.2, 0.25) is 5.91 Å². The van der Waals surface area contributed by atoms with Crippen molar-refractivity contribution < 1.29 is 9.53 Å². The molecule has 3 rings (SSSR count). The number of thiazole rings is 1. The molecule has 0 radical (unpaired) electrons. The fraction of sp³-hybridized carbons (Fsp3) is 0.333. The lowest BCUT2D eigenvalue weighted by molar-refractivity contribution is -0.115. The first-order chi connectivity index (χ1) is 12.9. The lowest BCUT2D eigenvalue weighted by Gasteiger charge is -2.14. The van der Waals surface area contributed by atoms with Gasteiger partial charge in [0.1, 0.15) is 5.75 Å². The Morgan fingerprint density at radius 3 is 2.67 bits per heavy atom. The van der Waals surface area contributed by atoms with Gasteiger partial charge in [-0.2, -0.15) is 0 Å². The van der Waals surface area contributed by atoms with E-state index in [1.807, 2.05) is 68.1 Å². The zero-order valence-electron chi connectivity index (χ0n) is 15.5. The molecule has 0 spiro atoms. The van der Waals surface area contributed by atoms with E-state index in [2.05, 4.69) is 20.5 Å². The second-order valence-corrected chi connectivity index (χ2v) is 8.18. The number of amides is 1. The zero-order chi connectivity index (χ0) is 19.4. The van der Waals surface area contributed by atoms with E-state index in [0.29, 0.717) is 16.1 Å². The Balaban J connectivity index is 1.63. The predicted molar refractivity (Wildman–Crippen MR) is 107 cm³/mol. The van der Waals surface area contributed by atoms with Gasteiger partial charge in [-0.05, 0) is 32.9 Å². The third-order valence-electron chi connectivity index (χ3n) is 3.79. The molecule has 0 aliphatic heterocycles. The van der Waals surface area contributed by atoms with E-state index in [9.17, 15) is 4.79 Å². The van der Waals surface area contributed by atoms with Crippen molar-refractivity contribution in [3.8, 4) is 5.75 Å². The van der Waals surface area contributed by atoms with Crippen LogP contribution in [0.3, 0.4) is 0 Å². The molecule has 1 amide bonds. The van der Waals surface area contributed by atoms with Gasteiger partial charge in [0.25, 0.3) is 0 Å². The number of aromatic nitrogens is 4. The van der Waals surface area contributed by atoms with Crippen molar-refractivity contribution in [3.63, 3.8) is 0 Å². The van der Waals surface area contributed by atoms with Crippen LogP contribution in [-0.2, 0) is 11.8 Å². The molecule has 0 unspecified atom stereocenters. The van der Waals surface area contributed by atoms with Gasteiger partial charge in [0, 0.05) is 12.4 Å². The number of ether oxygens (including phenoxy) is 1. The molecule has 2 aromatic heterocycles. The SMILES string of the molecule is Cc1csc(NC(=O)[C@@H](C)Sc2nnc([C@@H](C)Oc3ccccc3)n2C)n1. The average molecular weight is 404 g/mol. The summed E-state index contributed by atoms with van der Waals surface area (Å²) in [5.74, 6) is 1.35. The molecule has 27 heavy (non-hydrogen) atoms. The van der Waals surface area contributed by atoms with Crippen molar-refractivity contribution in [2.75, 3.05) is 5.32 Å². The summed E-state index contributed by atoms with van der Waals surface area (Å²) in [5, 5.41) is 14.1. The van der Waals surface area contributed by atoms with Crippen LogP contribution >= 0.6 is 23.1 Å². The fourth-order valence-corrected chi connectivity index (χ4v) is 3.88. The van der Waals surface area contributed by atoms with Crippen molar-refractivity contribution in [2.24, 2.45) is 7.05 Å². The summed E-state index contributed by atoms with van der Waals surface area (Å²) in [6.45, 7) is 5.65. The Labute approximate surface area is 166 Å². The van der Waals surface area contributed by atoms with Gasteiger partial charge >= 0.3 is 0 Å². The molecular formula is C18H21N5O2S2. The van der Waals surface area contributed by atoms with Gasteiger partial charge in [-0.15, -0.1) is 21.5 Å². The first kappa shape index (κ1) is 19.4. The first-order valence-corrected chi connectivity index (χ1v) is 10.2. The Morgan fingerprint density at radius 1 is 1.26 bits per heavy atom. The molecule has 9 heteroatoms. The van der Waals surface area contributed by atoms with Crippen molar-refractivity contribution in [2.45, 2.75) is 37.3 Å². The lowest BCUT2D eigenvalue weighted by atomic mass is 10.3. The maximum absolute atomic E-state index is 12.4. The number of hydrogen-bond acceptors (Lipinski definition) is 7. The molecular weight excluding hydrogens is 382 g/mol. The maximum atomic E-state index is 12.4. The number of thioether (sulfide) groups is 1. The highest BCUT2D eigenvalue weighted by Crippen LogP contribution is 2.26. The number of rotatable bonds is 7. The van der Waals surface area contributed by atoms with Gasteiger partial charge in [0.15, 0.2) is 22.2 Å². The van der Waals surface area contributed by atoms with Crippen molar-refractivity contribution in [3.05, 3.63) is 47.2 Å². The number of hydrogen-bond donors (Lipinski definition) is 1. The predicted octanol–water partition coefficient (Wildman–Crippen LogP) is 3.84. The zero-order valence-corrected chi connectivity index (χ0v) is 17.2. The number of carbonyl (C=O) groups is 1. The molecule has 7 nitrogen and oxygen atoms in total. The highest BCUT2D eigenvalue weighted by Gasteiger charge is 2.22. The van der Waals surface area contributed by atoms with E-state index in [4.69, 9.17) is 4.74 Å². The summed E-state index contributed by atoms with van der Waals surface area (Å²) < 4.78 is 7.77. The van der Waals surface area contributed by atoms with Gasteiger partial charge in [-0.25, -0.2) is 4.98 Å². The van der Waals surface area contributed by atoms with Crippen molar-refractivity contribution >= 4 is 34.1 Å². The Hall–Kier alpha value is -2.39. The molecule has 1 aromatic carbocycles. The molecule has 0 saturated heterocycles. The number of carbonyl (C=O) groups excluding carboxylic acids is 1. The van der Waals surface area contributed by atoms with Crippen LogP contribution in [0.1, 0.15) is 31.5 Å². The largest absolute Gasteiger partial charge is 0.483 e. The summed E-state index contributed by atoms with van der Waals surface area (Å²) in [6, 6.07) is 9.58. The molecule has 0 fully saturated rings. The quantitative estimate of drug-likeness (QED) is 0.604. The van der Waals surface area contributed by atoms with Crippen molar-refractivity contribution in [1.29, 1.82) is 0 Å². The van der Waals surface area contributed by atoms with Crippen LogP contribution in [0.15, 0.2) is 40.9 Å². The van der Waals surface area contributed by atoms with Crippen molar-refractivity contribution in [1.82, 2.24) is 19.7 Å². The minimum absolute atomic E-state index is 0.118. The molecule has 0 bridgehead atoms. The number of benzene rings is 1. The minimum Gasteiger partial charge on any atom is -0.483 e. The highest BCUT2D eigenvalue weighted by atomic mass is 32.2. The fourth-order valence-electron chi connectivity index (χ4n) is 2.37. The summed E-state index contributed by atoms with van der Waals surface area (Å²) in [6.07, 6.45) is -0.262. The van der Waals surface area contributed by atoms with E-state index < -0.39 is 0 Å². The second kappa shape index (κ2) is 8.53. The molecule has 142 valence electrons. The standard InChI is InChI=1S/C18H21N5O2S2/c1-11-10-26-17(19-11)20-16(24)13(3)27-18-22-21-15(23(18)4)12(2)25-14-8-6-5-7-9-14/h5-10,12-13H,1-4H3,(H,19,20,24)/t12-,13-/m1/s1. The normalized spacial score (nSPS) is 13.2. The number of para-hydroxylation sites is 1. The van der Waals surface area contributed by atoms with Gasteiger partial charge < -0.3 is 14.6 Å². The van der Waals surface area contributed by atoms with E-state index in [1.54, 1.807) is 0 Å². The summed E-state index contributed by atoms with van der Waals surface area (Å²) in [7, 11) is 1.87. The molecule has 3 aromatic rings. The van der Waals surface area contributed by atoms with Gasteiger partial charge in [-0.1, -0.05) is 30.0 Å². The molecule has 1 N–H and O–H groups in total. The summed E-state index contributed by atoms with van der Waals surface area (Å²) >= 11 is 2.76. The van der Waals surface area contributed by atoms with Crippen LogP contribution in [0, 0.1) is 6.92 Å². The number of nitrogens with zero attached hydrogens (tertiary/aromatic N) is 4. The number of nitrogens with one attached hydrogen (secondary N) is 1. The second-order valence-electron chi connectivity index (χ2n) is 6.02. The van der Waals surface area contributed by atoms with Gasteiger partial charge in [0.05, 0.1) is 10.9 Å². The van der Waals surface area contributed by atoms with Crippen LogP contribution in [0.4, 0.5) is 5.13 Å². The maximum Gasteiger partial charge on any atom is 0.239 e. The average Bonchev–Trinajstić information content (AvgIpc) is 3.21. The topological polar surface area (TPSA) is 81.9 Å². The smallest absolute Gasteiger partial charge is 0.239 e. The molecule has 2 atom stereocenters. The third kappa shape index (κ3) is 4.86. The van der Waals surface area contributed by atoms with E-state index in [-0.39, 0.29) is 17.3 Å². The lowest BCUT2D eigenvalue weighted by Crippen LogP contribution is -2.22. The Morgan fingerprint density at radius 2 is 2.00 bits per heavy atom. The van der Waals surface area contributed by atoms with E-state index in [1.165, 1.54) is 23.1 Å². The Bertz CT molecular complexity index is 910.